The molecule has 29 heavy (non-hydrogen) atoms. The van der Waals surface area contributed by atoms with Crippen LogP contribution in [0.2, 0.25) is 0 Å². The van der Waals surface area contributed by atoms with Gasteiger partial charge in [0, 0.05) is 12.5 Å². The number of nitrogens with one attached hydrogen (secondary N) is 2. The number of hydrogen-bond acceptors (Lipinski definition) is 5. The van der Waals surface area contributed by atoms with E-state index in [9.17, 15) is 14.0 Å². The van der Waals surface area contributed by atoms with E-state index >= 15 is 0 Å². The number of ether oxygens (including phenoxy) is 3. The van der Waals surface area contributed by atoms with Gasteiger partial charge < -0.3 is 24.8 Å². The quantitative estimate of drug-likeness (QED) is 0.396. The molecule has 0 aliphatic carbocycles. The number of rotatable bonds is 15. The lowest BCUT2D eigenvalue weighted by atomic mass is 10.0. The summed E-state index contributed by atoms with van der Waals surface area (Å²) in [6, 6.07) is 0. The lowest BCUT2D eigenvalue weighted by Crippen LogP contribution is -2.45. The predicted octanol–water partition coefficient (Wildman–Crippen LogP) is 2.87. The van der Waals surface area contributed by atoms with E-state index in [1.54, 1.807) is 20.8 Å². The molecule has 0 aromatic carbocycles. The molecule has 0 bridgehead atoms. The van der Waals surface area contributed by atoms with E-state index < -0.39 is 11.8 Å². The third-order valence-corrected chi connectivity index (χ3v) is 4.09. The molecule has 0 fully saturated rings. The standard InChI is InChI=1S/C19H37FN2O5.C2H6/c1-7-15(4)18(24)22-12-16(20)19(5,6)27-11-10-25-9-8-21-17(23)13-26-14(2)3;1-2/h14-16H,7-13H2,1-6H3,(H,21,23)(H,22,24);1-2H3. The van der Waals surface area contributed by atoms with Gasteiger partial charge in [-0.2, -0.15) is 0 Å². The Labute approximate surface area is 176 Å². The van der Waals surface area contributed by atoms with Crippen LogP contribution in [0.25, 0.3) is 0 Å². The summed E-state index contributed by atoms with van der Waals surface area (Å²) >= 11 is 0. The second kappa shape index (κ2) is 17.6. The van der Waals surface area contributed by atoms with Crippen LogP contribution >= 0.6 is 0 Å². The summed E-state index contributed by atoms with van der Waals surface area (Å²) in [5.41, 5.74) is -1.03. The first-order chi connectivity index (χ1) is 13.6. The van der Waals surface area contributed by atoms with Crippen molar-refractivity contribution in [2.24, 2.45) is 5.92 Å². The highest BCUT2D eigenvalue weighted by Crippen LogP contribution is 2.17. The van der Waals surface area contributed by atoms with Gasteiger partial charge in [0.1, 0.15) is 12.8 Å². The Morgan fingerprint density at radius 1 is 1.03 bits per heavy atom. The maximum Gasteiger partial charge on any atom is 0.246 e. The lowest BCUT2D eigenvalue weighted by molar-refractivity contribution is -0.127. The van der Waals surface area contributed by atoms with Gasteiger partial charge in [0.25, 0.3) is 0 Å². The molecular weight excluding hydrogens is 379 g/mol. The molecule has 174 valence electrons. The molecule has 2 amide bonds. The molecule has 0 rings (SSSR count). The Morgan fingerprint density at radius 3 is 2.21 bits per heavy atom. The van der Waals surface area contributed by atoms with Gasteiger partial charge >= 0.3 is 0 Å². The van der Waals surface area contributed by atoms with Gasteiger partial charge in [0.15, 0.2) is 0 Å². The molecule has 0 heterocycles. The molecule has 2 unspecified atom stereocenters. The van der Waals surface area contributed by atoms with E-state index in [0.717, 1.165) is 0 Å². The molecule has 0 radical (unpaired) electrons. The average Bonchev–Trinajstić information content (AvgIpc) is 2.69. The van der Waals surface area contributed by atoms with E-state index in [1.165, 1.54) is 0 Å². The van der Waals surface area contributed by atoms with Gasteiger partial charge in [0.05, 0.1) is 38.1 Å². The van der Waals surface area contributed by atoms with Gasteiger partial charge in [-0.15, -0.1) is 0 Å². The van der Waals surface area contributed by atoms with Crippen molar-refractivity contribution in [3.63, 3.8) is 0 Å². The Hall–Kier alpha value is -1.25. The molecule has 0 aromatic heterocycles. The summed E-state index contributed by atoms with van der Waals surface area (Å²) in [4.78, 5) is 23.1. The maximum atomic E-state index is 14.3. The fraction of sp³-hybridized carbons (Fsp3) is 0.905. The second-order valence-corrected chi connectivity index (χ2v) is 7.30. The number of amides is 2. The zero-order valence-electron chi connectivity index (χ0n) is 19.6. The minimum atomic E-state index is -1.33. The first-order valence-electron chi connectivity index (χ1n) is 10.6. The van der Waals surface area contributed by atoms with Crippen LogP contribution in [0.5, 0.6) is 0 Å². The van der Waals surface area contributed by atoms with E-state index in [1.807, 2.05) is 34.6 Å². The van der Waals surface area contributed by atoms with Crippen molar-refractivity contribution in [3.05, 3.63) is 0 Å². The Morgan fingerprint density at radius 2 is 1.66 bits per heavy atom. The minimum absolute atomic E-state index is 0.00944. The minimum Gasteiger partial charge on any atom is -0.377 e. The third kappa shape index (κ3) is 16.3. The van der Waals surface area contributed by atoms with Gasteiger partial charge in [-0.25, -0.2) is 4.39 Å². The summed E-state index contributed by atoms with van der Waals surface area (Å²) in [5.74, 6) is -0.475. The van der Waals surface area contributed by atoms with Crippen molar-refractivity contribution < 1.29 is 28.2 Å². The van der Waals surface area contributed by atoms with Crippen LogP contribution in [0.3, 0.4) is 0 Å². The van der Waals surface area contributed by atoms with E-state index in [2.05, 4.69) is 10.6 Å². The molecule has 2 N–H and O–H groups in total. The van der Waals surface area contributed by atoms with Crippen molar-refractivity contribution in [1.82, 2.24) is 10.6 Å². The number of carbonyl (C=O) groups is 2. The fourth-order valence-electron chi connectivity index (χ4n) is 1.91. The average molecular weight is 423 g/mol. The molecule has 0 saturated carbocycles. The largest absolute Gasteiger partial charge is 0.377 e. The van der Waals surface area contributed by atoms with Gasteiger partial charge in [0.2, 0.25) is 11.8 Å². The number of carbonyl (C=O) groups excluding carboxylic acids is 2. The normalized spacial score (nSPS) is 13.3. The fourth-order valence-corrected chi connectivity index (χ4v) is 1.91. The molecule has 2 atom stereocenters. The van der Waals surface area contributed by atoms with Crippen molar-refractivity contribution in [2.45, 2.75) is 79.7 Å². The van der Waals surface area contributed by atoms with E-state index in [4.69, 9.17) is 14.2 Å². The highest BCUT2D eigenvalue weighted by Gasteiger charge is 2.31. The van der Waals surface area contributed by atoms with Crippen molar-refractivity contribution in [1.29, 1.82) is 0 Å². The summed E-state index contributed by atoms with van der Waals surface area (Å²) in [7, 11) is 0. The van der Waals surface area contributed by atoms with Crippen molar-refractivity contribution in [3.8, 4) is 0 Å². The summed E-state index contributed by atoms with van der Waals surface area (Å²) < 4.78 is 30.4. The molecule has 7 nitrogen and oxygen atoms in total. The summed E-state index contributed by atoms with van der Waals surface area (Å²) in [5, 5.41) is 5.28. The predicted molar refractivity (Wildman–Crippen MR) is 114 cm³/mol. The Balaban J connectivity index is 0. The Kier molecular flexibility index (Phi) is 18.2. The topological polar surface area (TPSA) is 85.9 Å². The van der Waals surface area contributed by atoms with Crippen LogP contribution < -0.4 is 10.6 Å². The lowest BCUT2D eigenvalue weighted by Gasteiger charge is -2.29. The van der Waals surface area contributed by atoms with Crippen LogP contribution in [-0.2, 0) is 23.8 Å². The highest BCUT2D eigenvalue weighted by atomic mass is 19.1. The number of alkyl halides is 1. The zero-order chi connectivity index (χ0) is 22.9. The van der Waals surface area contributed by atoms with Crippen LogP contribution in [0.1, 0.15) is 61.8 Å². The van der Waals surface area contributed by atoms with Crippen LogP contribution in [0.4, 0.5) is 4.39 Å². The molecule has 0 aliphatic heterocycles. The summed E-state index contributed by atoms with van der Waals surface area (Å²) in [6.45, 7) is 15.9. The van der Waals surface area contributed by atoms with E-state index in [-0.39, 0.29) is 50.2 Å². The van der Waals surface area contributed by atoms with Crippen LogP contribution in [0.15, 0.2) is 0 Å². The molecule has 8 heteroatoms. The smallest absolute Gasteiger partial charge is 0.246 e. The van der Waals surface area contributed by atoms with Crippen molar-refractivity contribution in [2.75, 3.05) is 39.5 Å². The Bertz CT molecular complexity index is 433. The van der Waals surface area contributed by atoms with Gasteiger partial charge in [-0.05, 0) is 34.1 Å². The van der Waals surface area contributed by atoms with Crippen molar-refractivity contribution >= 4 is 11.8 Å². The van der Waals surface area contributed by atoms with Gasteiger partial charge in [-0.3, -0.25) is 9.59 Å². The SMILES string of the molecule is CC.CCC(C)C(=O)NCC(F)C(C)(C)OCCOCCNC(=O)COC(C)C. The van der Waals surface area contributed by atoms with Crippen LogP contribution in [-0.4, -0.2) is 69.2 Å². The molecule has 0 saturated heterocycles. The molecule has 0 aromatic rings. The van der Waals surface area contributed by atoms with E-state index in [0.29, 0.717) is 19.6 Å². The third-order valence-electron chi connectivity index (χ3n) is 4.09. The number of halogens is 1. The zero-order valence-corrected chi connectivity index (χ0v) is 19.6. The van der Waals surface area contributed by atoms with Crippen LogP contribution in [0, 0.1) is 5.92 Å². The first-order valence-corrected chi connectivity index (χ1v) is 10.6. The molecule has 0 aliphatic rings. The maximum absolute atomic E-state index is 14.3. The van der Waals surface area contributed by atoms with Gasteiger partial charge in [-0.1, -0.05) is 27.7 Å². The second-order valence-electron chi connectivity index (χ2n) is 7.30. The molecular formula is C21H43FN2O5. The highest BCUT2D eigenvalue weighted by molar-refractivity contribution is 5.78. The monoisotopic (exact) mass is 422 g/mol. The summed E-state index contributed by atoms with van der Waals surface area (Å²) in [6.07, 6.45) is -0.605. The molecule has 0 spiro atoms. The number of hydrogen-bond donors (Lipinski definition) is 2. The first kappa shape index (κ1) is 29.9.